The Balaban J connectivity index is 1.64. The van der Waals surface area contributed by atoms with E-state index < -0.39 is 11.8 Å². The van der Waals surface area contributed by atoms with Crippen LogP contribution < -0.4 is 11.1 Å². The van der Waals surface area contributed by atoms with Crippen LogP contribution in [0.25, 0.3) is 6.08 Å². The second-order valence-corrected chi connectivity index (χ2v) is 5.84. The Bertz CT molecular complexity index is 1020. The van der Waals surface area contributed by atoms with Crippen molar-refractivity contribution in [3.05, 3.63) is 77.4 Å². The maximum atomic E-state index is 13.5. The molecule has 0 bridgehead atoms. The topological polar surface area (TPSA) is 103 Å². The lowest BCUT2D eigenvalue weighted by atomic mass is 10.2. The molecule has 1 aromatic heterocycles. The first-order valence-electron chi connectivity index (χ1n) is 8.44. The number of ether oxygens (including phenoxy) is 1. The van der Waals surface area contributed by atoms with Gasteiger partial charge in [0, 0.05) is 17.3 Å². The summed E-state index contributed by atoms with van der Waals surface area (Å²) in [7, 11) is 0. The minimum Gasteiger partial charge on any atom is -0.454 e. The van der Waals surface area contributed by atoms with Crippen molar-refractivity contribution in [1.29, 1.82) is 0 Å². The van der Waals surface area contributed by atoms with Gasteiger partial charge >= 0.3 is 5.97 Å². The molecule has 3 N–H and O–H groups in total. The van der Waals surface area contributed by atoms with Crippen molar-refractivity contribution >= 4 is 29.6 Å². The molecule has 0 unspecified atom stereocenters. The zero-order valence-electron chi connectivity index (χ0n) is 15.1. The van der Waals surface area contributed by atoms with Gasteiger partial charge in [-0.2, -0.15) is 15.0 Å². The number of nitrogens with two attached hydrogens (primary N) is 1. The van der Waals surface area contributed by atoms with Gasteiger partial charge in [0.05, 0.1) is 0 Å². The minimum absolute atomic E-state index is 0.000896. The van der Waals surface area contributed by atoms with Gasteiger partial charge in [-0.1, -0.05) is 36.4 Å². The lowest BCUT2D eigenvalue weighted by Gasteiger charge is -2.09. The van der Waals surface area contributed by atoms with Gasteiger partial charge in [-0.3, -0.25) is 0 Å². The fraction of sp³-hybridized carbons (Fsp3) is 0.100. The summed E-state index contributed by atoms with van der Waals surface area (Å²) in [6.45, 7) is 1.74. The molecule has 0 spiro atoms. The van der Waals surface area contributed by atoms with E-state index in [1.807, 2.05) is 31.2 Å². The molecule has 0 amide bonds. The van der Waals surface area contributed by atoms with Crippen LogP contribution in [0.1, 0.15) is 17.0 Å². The second kappa shape index (κ2) is 8.72. The van der Waals surface area contributed by atoms with Crippen LogP contribution in [-0.2, 0) is 16.1 Å². The van der Waals surface area contributed by atoms with Gasteiger partial charge in [0.1, 0.15) is 5.82 Å². The fourth-order valence-corrected chi connectivity index (χ4v) is 2.34. The SMILES string of the molecule is Cc1ccccc1Nc1nc(N)nc(COC(=O)/C=C/c2ccccc2F)n1. The molecule has 7 nitrogen and oxygen atoms in total. The minimum atomic E-state index is -0.657. The molecule has 0 saturated heterocycles. The number of benzene rings is 2. The Morgan fingerprint density at radius 2 is 1.89 bits per heavy atom. The summed E-state index contributed by atoms with van der Waals surface area (Å²) in [6.07, 6.45) is 2.47. The molecule has 8 heteroatoms. The van der Waals surface area contributed by atoms with Gasteiger partial charge < -0.3 is 15.8 Å². The lowest BCUT2D eigenvalue weighted by molar-refractivity contribution is -0.139. The number of aryl methyl sites for hydroxylation is 1. The van der Waals surface area contributed by atoms with Crippen molar-refractivity contribution in [2.75, 3.05) is 11.1 Å². The maximum absolute atomic E-state index is 13.5. The quantitative estimate of drug-likeness (QED) is 0.500. The fourth-order valence-electron chi connectivity index (χ4n) is 2.34. The van der Waals surface area contributed by atoms with Crippen LogP contribution in [0.5, 0.6) is 0 Å². The molecule has 0 fully saturated rings. The first-order valence-corrected chi connectivity index (χ1v) is 8.44. The molecule has 0 saturated carbocycles. The highest BCUT2D eigenvalue weighted by Gasteiger charge is 2.08. The highest BCUT2D eigenvalue weighted by Crippen LogP contribution is 2.18. The zero-order valence-corrected chi connectivity index (χ0v) is 15.1. The van der Waals surface area contributed by atoms with Crippen LogP contribution in [-0.4, -0.2) is 20.9 Å². The molecule has 0 aliphatic heterocycles. The van der Waals surface area contributed by atoms with E-state index in [-0.39, 0.29) is 29.9 Å². The summed E-state index contributed by atoms with van der Waals surface area (Å²) in [6, 6.07) is 13.7. The van der Waals surface area contributed by atoms with Crippen LogP contribution in [0.4, 0.5) is 22.0 Å². The number of carbonyl (C=O) groups is 1. The van der Waals surface area contributed by atoms with Gasteiger partial charge in [-0.15, -0.1) is 0 Å². The van der Waals surface area contributed by atoms with Crippen LogP contribution in [0.2, 0.25) is 0 Å². The zero-order chi connectivity index (χ0) is 19.9. The summed E-state index contributed by atoms with van der Waals surface area (Å²) in [4.78, 5) is 24.0. The van der Waals surface area contributed by atoms with Crippen LogP contribution in [0, 0.1) is 12.7 Å². The summed E-state index contributed by atoms with van der Waals surface area (Å²) in [5.41, 5.74) is 7.83. The molecule has 0 atom stereocenters. The standard InChI is InChI=1S/C20H18FN5O2/c1-13-6-2-5-9-16(13)23-20-25-17(24-19(22)26-20)12-28-18(27)11-10-14-7-3-4-8-15(14)21/h2-11H,12H2,1H3,(H3,22,23,24,25,26)/b11-10+. The van der Waals surface area contributed by atoms with E-state index in [4.69, 9.17) is 10.5 Å². The van der Waals surface area contributed by atoms with E-state index in [9.17, 15) is 9.18 Å². The number of nitrogens with zero attached hydrogens (tertiary/aromatic N) is 3. The number of esters is 1. The number of aromatic nitrogens is 3. The Kier molecular flexibility index (Phi) is 5.91. The molecular weight excluding hydrogens is 361 g/mol. The van der Waals surface area contributed by atoms with Gasteiger partial charge in [0.25, 0.3) is 0 Å². The molecular formula is C20H18FN5O2. The van der Waals surface area contributed by atoms with E-state index in [2.05, 4.69) is 20.3 Å². The molecule has 28 heavy (non-hydrogen) atoms. The Morgan fingerprint density at radius 3 is 2.68 bits per heavy atom. The Morgan fingerprint density at radius 1 is 1.14 bits per heavy atom. The normalized spacial score (nSPS) is 10.8. The van der Waals surface area contributed by atoms with E-state index in [1.54, 1.807) is 18.2 Å². The number of nitrogens with one attached hydrogen (secondary N) is 1. The van der Waals surface area contributed by atoms with E-state index >= 15 is 0 Å². The smallest absolute Gasteiger partial charge is 0.331 e. The number of anilines is 3. The van der Waals surface area contributed by atoms with E-state index in [0.29, 0.717) is 0 Å². The molecule has 0 aliphatic carbocycles. The summed E-state index contributed by atoms with van der Waals surface area (Å²) < 4.78 is 18.6. The second-order valence-electron chi connectivity index (χ2n) is 5.84. The molecule has 3 rings (SSSR count). The van der Waals surface area contributed by atoms with Crippen LogP contribution in [0.3, 0.4) is 0 Å². The van der Waals surface area contributed by atoms with Crippen molar-refractivity contribution in [2.45, 2.75) is 13.5 Å². The van der Waals surface area contributed by atoms with Gasteiger partial charge in [-0.25, -0.2) is 9.18 Å². The number of hydrogen-bond donors (Lipinski definition) is 2. The number of carbonyl (C=O) groups excluding carboxylic acids is 1. The highest BCUT2D eigenvalue weighted by molar-refractivity contribution is 5.87. The van der Waals surface area contributed by atoms with Crippen molar-refractivity contribution in [3.63, 3.8) is 0 Å². The third kappa shape index (κ3) is 5.10. The molecule has 3 aromatic rings. The third-order valence-electron chi connectivity index (χ3n) is 3.74. The number of halogens is 1. The predicted molar refractivity (Wildman–Crippen MR) is 104 cm³/mol. The summed E-state index contributed by atoms with van der Waals surface area (Å²) >= 11 is 0. The Labute approximate surface area is 161 Å². The lowest BCUT2D eigenvalue weighted by Crippen LogP contribution is -2.10. The first-order chi connectivity index (χ1) is 13.5. The van der Waals surface area contributed by atoms with Gasteiger partial charge in [-0.05, 0) is 30.7 Å². The van der Waals surface area contributed by atoms with Crippen molar-refractivity contribution in [2.24, 2.45) is 0 Å². The number of hydrogen-bond acceptors (Lipinski definition) is 7. The van der Waals surface area contributed by atoms with Gasteiger partial charge in [0.2, 0.25) is 11.9 Å². The highest BCUT2D eigenvalue weighted by atomic mass is 19.1. The van der Waals surface area contributed by atoms with Crippen LogP contribution in [0.15, 0.2) is 54.6 Å². The Hall–Kier alpha value is -3.81. The molecule has 1 heterocycles. The van der Waals surface area contributed by atoms with Crippen molar-refractivity contribution < 1.29 is 13.9 Å². The maximum Gasteiger partial charge on any atom is 0.331 e. The number of nitrogen functional groups attached to an aromatic ring is 1. The molecule has 0 radical (unpaired) electrons. The summed E-state index contributed by atoms with van der Waals surface area (Å²) in [5, 5.41) is 3.06. The van der Waals surface area contributed by atoms with Gasteiger partial charge in [0.15, 0.2) is 12.4 Å². The number of para-hydroxylation sites is 1. The van der Waals surface area contributed by atoms with E-state index in [0.717, 1.165) is 17.3 Å². The van der Waals surface area contributed by atoms with Crippen LogP contribution >= 0.6 is 0 Å². The largest absolute Gasteiger partial charge is 0.454 e. The average Bonchev–Trinajstić information content (AvgIpc) is 2.67. The molecule has 142 valence electrons. The molecule has 0 aliphatic rings. The van der Waals surface area contributed by atoms with Crippen molar-refractivity contribution in [1.82, 2.24) is 15.0 Å². The average molecular weight is 379 g/mol. The summed E-state index contributed by atoms with van der Waals surface area (Å²) in [5.74, 6) is -0.649. The monoisotopic (exact) mass is 379 g/mol. The number of rotatable bonds is 6. The third-order valence-corrected chi connectivity index (χ3v) is 3.74. The van der Waals surface area contributed by atoms with E-state index in [1.165, 1.54) is 12.1 Å². The molecule has 2 aromatic carbocycles. The first kappa shape index (κ1) is 19.0. The van der Waals surface area contributed by atoms with Crippen molar-refractivity contribution in [3.8, 4) is 0 Å². The predicted octanol–water partition coefficient (Wildman–Crippen LogP) is 3.40.